The van der Waals surface area contributed by atoms with Crippen molar-refractivity contribution >= 4 is 0 Å². The summed E-state index contributed by atoms with van der Waals surface area (Å²) in [5, 5.41) is 0. The highest BCUT2D eigenvalue weighted by Gasteiger charge is 2.31. The van der Waals surface area contributed by atoms with E-state index < -0.39 is 6.36 Å². The first-order valence-corrected chi connectivity index (χ1v) is 12.0. The highest BCUT2D eigenvalue weighted by Crippen LogP contribution is 2.30. The second kappa shape index (κ2) is 11.1. The summed E-state index contributed by atoms with van der Waals surface area (Å²) in [5.41, 5.74) is 7.42. The van der Waals surface area contributed by atoms with Gasteiger partial charge < -0.3 is 4.74 Å². The van der Waals surface area contributed by atoms with Crippen LogP contribution in [0.5, 0.6) is 5.75 Å². The summed E-state index contributed by atoms with van der Waals surface area (Å²) < 4.78 is 41.8. The minimum Gasteiger partial charge on any atom is -0.406 e. The SMILES string of the molecule is Cc1ccc([C@@H](C)Cc2cc(CC[C@@H](C)c3cccc(OC(F)(F)F)c3)cc(C(C)C)c2)cc1. The second-order valence-corrected chi connectivity index (χ2v) is 9.81. The van der Waals surface area contributed by atoms with Gasteiger partial charge in [-0.25, -0.2) is 0 Å². The van der Waals surface area contributed by atoms with Crippen LogP contribution in [-0.2, 0) is 12.8 Å². The quantitative estimate of drug-likeness (QED) is 0.304. The third-order valence-electron chi connectivity index (χ3n) is 6.46. The Balaban J connectivity index is 1.72. The van der Waals surface area contributed by atoms with E-state index in [2.05, 4.69) is 81.8 Å². The van der Waals surface area contributed by atoms with Crippen LogP contribution in [0.4, 0.5) is 13.2 Å². The van der Waals surface area contributed by atoms with E-state index in [1.54, 1.807) is 6.07 Å². The zero-order valence-corrected chi connectivity index (χ0v) is 20.7. The molecule has 0 fully saturated rings. The van der Waals surface area contributed by atoms with Crippen molar-refractivity contribution in [1.82, 2.24) is 0 Å². The second-order valence-electron chi connectivity index (χ2n) is 9.81. The maximum atomic E-state index is 12.6. The Kier molecular flexibility index (Phi) is 8.46. The summed E-state index contributed by atoms with van der Waals surface area (Å²) in [6.45, 7) is 10.8. The van der Waals surface area contributed by atoms with E-state index in [4.69, 9.17) is 0 Å². The lowest BCUT2D eigenvalue weighted by atomic mass is 9.88. The van der Waals surface area contributed by atoms with E-state index in [0.29, 0.717) is 11.8 Å². The van der Waals surface area contributed by atoms with Crippen LogP contribution in [0.3, 0.4) is 0 Å². The van der Waals surface area contributed by atoms with Gasteiger partial charge in [-0.1, -0.05) is 87.9 Å². The van der Waals surface area contributed by atoms with E-state index in [1.807, 2.05) is 6.07 Å². The molecule has 0 heterocycles. The van der Waals surface area contributed by atoms with Gasteiger partial charge in [-0.3, -0.25) is 0 Å². The largest absolute Gasteiger partial charge is 0.573 e. The van der Waals surface area contributed by atoms with E-state index in [0.717, 1.165) is 24.8 Å². The number of alkyl halides is 3. The Bertz CT molecular complexity index is 1070. The first kappa shape index (κ1) is 25.9. The third kappa shape index (κ3) is 7.65. The molecule has 0 aliphatic rings. The maximum absolute atomic E-state index is 12.6. The molecule has 0 amide bonds. The van der Waals surface area contributed by atoms with E-state index in [-0.39, 0.29) is 11.7 Å². The van der Waals surface area contributed by atoms with E-state index in [1.165, 1.54) is 39.9 Å². The van der Waals surface area contributed by atoms with Gasteiger partial charge in [0.2, 0.25) is 0 Å². The molecule has 3 rings (SSSR count). The Morgan fingerprint density at radius 1 is 0.735 bits per heavy atom. The van der Waals surface area contributed by atoms with Crippen LogP contribution in [0.1, 0.15) is 85.3 Å². The zero-order valence-electron chi connectivity index (χ0n) is 20.7. The molecule has 0 unspecified atom stereocenters. The molecule has 0 spiro atoms. The van der Waals surface area contributed by atoms with Gasteiger partial charge in [-0.2, -0.15) is 0 Å². The lowest BCUT2D eigenvalue weighted by Gasteiger charge is -2.18. The van der Waals surface area contributed by atoms with Crippen molar-refractivity contribution in [1.29, 1.82) is 0 Å². The average Bonchev–Trinajstić information content (AvgIpc) is 2.76. The molecule has 182 valence electrons. The number of halogens is 3. The van der Waals surface area contributed by atoms with Crippen molar-refractivity contribution in [2.75, 3.05) is 0 Å². The number of hydrogen-bond acceptors (Lipinski definition) is 1. The number of hydrogen-bond donors (Lipinski definition) is 0. The summed E-state index contributed by atoms with van der Waals surface area (Å²) in [6.07, 6.45) is -1.98. The summed E-state index contributed by atoms with van der Waals surface area (Å²) in [6, 6.07) is 22.0. The van der Waals surface area contributed by atoms with Crippen LogP contribution < -0.4 is 4.74 Å². The number of benzene rings is 3. The third-order valence-corrected chi connectivity index (χ3v) is 6.46. The van der Waals surface area contributed by atoms with Gasteiger partial charge in [0.1, 0.15) is 5.75 Å². The molecule has 0 N–H and O–H groups in total. The molecule has 0 bridgehead atoms. The Morgan fingerprint density at radius 3 is 2.06 bits per heavy atom. The fourth-order valence-corrected chi connectivity index (χ4v) is 4.32. The van der Waals surface area contributed by atoms with Crippen LogP contribution in [0.25, 0.3) is 0 Å². The first-order chi connectivity index (χ1) is 16.0. The molecule has 34 heavy (non-hydrogen) atoms. The van der Waals surface area contributed by atoms with Gasteiger partial charge in [-0.05, 0) is 83.9 Å². The normalized spacial score (nSPS) is 13.7. The highest BCUT2D eigenvalue weighted by molar-refractivity contribution is 5.35. The summed E-state index contributed by atoms with van der Waals surface area (Å²) in [7, 11) is 0. The van der Waals surface area contributed by atoms with Crippen molar-refractivity contribution < 1.29 is 17.9 Å². The van der Waals surface area contributed by atoms with Crippen LogP contribution in [-0.4, -0.2) is 6.36 Å². The van der Waals surface area contributed by atoms with Crippen LogP contribution in [0, 0.1) is 6.92 Å². The smallest absolute Gasteiger partial charge is 0.406 e. The molecule has 3 aromatic rings. The minimum absolute atomic E-state index is 0.120. The lowest BCUT2D eigenvalue weighted by Crippen LogP contribution is -2.17. The molecule has 0 aliphatic carbocycles. The predicted molar refractivity (Wildman–Crippen MR) is 134 cm³/mol. The van der Waals surface area contributed by atoms with Gasteiger partial charge in [0.25, 0.3) is 0 Å². The van der Waals surface area contributed by atoms with Gasteiger partial charge >= 0.3 is 6.36 Å². The molecular weight excluding hydrogens is 433 g/mol. The standard InChI is InChI=1S/C30H35F3O/c1-20(2)28-17-24(16-25(18-28)15-23(5)26-13-9-21(3)10-14-26)12-11-22(4)27-7-6-8-29(19-27)34-30(31,32)33/h6-10,13-14,16-20,22-23H,11-12,15H2,1-5H3/t22-,23+/m1/s1. The molecule has 4 heteroatoms. The minimum atomic E-state index is -4.68. The number of ether oxygens (including phenoxy) is 1. The molecule has 0 saturated carbocycles. The molecule has 1 nitrogen and oxygen atoms in total. The number of aryl methyl sites for hydroxylation is 2. The predicted octanol–water partition coefficient (Wildman–Crippen LogP) is 9.10. The van der Waals surface area contributed by atoms with Gasteiger partial charge in [0, 0.05) is 0 Å². The highest BCUT2D eigenvalue weighted by atomic mass is 19.4. The zero-order chi connectivity index (χ0) is 24.9. The molecule has 0 radical (unpaired) electrons. The number of rotatable bonds is 9. The monoisotopic (exact) mass is 468 g/mol. The lowest BCUT2D eigenvalue weighted by molar-refractivity contribution is -0.274. The fraction of sp³-hybridized carbons (Fsp3) is 0.400. The first-order valence-electron chi connectivity index (χ1n) is 12.0. The Morgan fingerprint density at radius 2 is 1.41 bits per heavy atom. The summed E-state index contributed by atoms with van der Waals surface area (Å²) >= 11 is 0. The topological polar surface area (TPSA) is 9.23 Å². The van der Waals surface area contributed by atoms with Gasteiger partial charge in [0.05, 0.1) is 0 Å². The molecule has 2 atom stereocenters. The van der Waals surface area contributed by atoms with Crippen molar-refractivity contribution in [3.8, 4) is 5.75 Å². The molecule has 0 aromatic heterocycles. The van der Waals surface area contributed by atoms with Crippen LogP contribution >= 0.6 is 0 Å². The Hall–Kier alpha value is -2.75. The van der Waals surface area contributed by atoms with Crippen molar-refractivity contribution in [3.63, 3.8) is 0 Å². The molecule has 3 aromatic carbocycles. The van der Waals surface area contributed by atoms with E-state index >= 15 is 0 Å². The average molecular weight is 469 g/mol. The molecular formula is C30H35F3O. The van der Waals surface area contributed by atoms with E-state index in [9.17, 15) is 13.2 Å². The molecule has 0 saturated heterocycles. The van der Waals surface area contributed by atoms with Gasteiger partial charge in [0.15, 0.2) is 0 Å². The van der Waals surface area contributed by atoms with Crippen LogP contribution in [0.2, 0.25) is 0 Å². The van der Waals surface area contributed by atoms with Gasteiger partial charge in [-0.15, -0.1) is 13.2 Å². The Labute approximate surface area is 202 Å². The summed E-state index contributed by atoms with van der Waals surface area (Å²) in [5.74, 6) is 0.814. The van der Waals surface area contributed by atoms with Crippen molar-refractivity contribution in [2.45, 2.75) is 78.0 Å². The van der Waals surface area contributed by atoms with Crippen molar-refractivity contribution in [3.05, 3.63) is 100 Å². The van der Waals surface area contributed by atoms with Crippen molar-refractivity contribution in [2.24, 2.45) is 0 Å². The maximum Gasteiger partial charge on any atom is 0.573 e. The van der Waals surface area contributed by atoms with Crippen LogP contribution in [0.15, 0.2) is 66.7 Å². The molecule has 0 aliphatic heterocycles. The summed E-state index contributed by atoms with van der Waals surface area (Å²) in [4.78, 5) is 0. The fourth-order valence-electron chi connectivity index (χ4n) is 4.32.